The number of nitrogens with one attached hydrogen (secondary N) is 1. The molecule has 1 aliphatic rings. The third-order valence-electron chi connectivity index (χ3n) is 3.62. The first-order chi connectivity index (χ1) is 9.46. The molecule has 1 saturated heterocycles. The molecule has 1 N–H and O–H groups in total. The highest BCUT2D eigenvalue weighted by Gasteiger charge is 2.27. The summed E-state index contributed by atoms with van der Waals surface area (Å²) in [6.07, 6.45) is 2.85. The molecular formula is C14H21FN2O2S. The molecule has 0 aromatic heterocycles. The van der Waals surface area contributed by atoms with Crippen LogP contribution in [0, 0.1) is 12.7 Å². The van der Waals surface area contributed by atoms with Crippen molar-refractivity contribution in [2.24, 2.45) is 0 Å². The van der Waals surface area contributed by atoms with Gasteiger partial charge in [-0.2, -0.15) is 4.31 Å². The second kappa shape index (κ2) is 6.20. The average Bonchev–Trinajstić information content (AvgIpc) is 2.44. The first kappa shape index (κ1) is 15.4. The standard InChI is InChI=1S/C14H21FN2O2S/c1-11-8-13(9-12(10-16-2)14(11)15)20(18,19)17-6-4-3-5-7-17/h8-9,16H,3-7,10H2,1-2H3. The lowest BCUT2D eigenvalue weighted by atomic mass is 10.1. The quantitative estimate of drug-likeness (QED) is 0.925. The van der Waals surface area contributed by atoms with Gasteiger partial charge in [0.15, 0.2) is 0 Å². The van der Waals surface area contributed by atoms with Crippen molar-refractivity contribution in [1.82, 2.24) is 9.62 Å². The smallest absolute Gasteiger partial charge is 0.243 e. The van der Waals surface area contributed by atoms with Crippen molar-refractivity contribution in [2.45, 2.75) is 37.6 Å². The van der Waals surface area contributed by atoms with Crippen molar-refractivity contribution in [3.05, 3.63) is 29.1 Å². The van der Waals surface area contributed by atoms with Crippen molar-refractivity contribution in [2.75, 3.05) is 20.1 Å². The second-order valence-corrected chi connectivity index (χ2v) is 7.15. The molecule has 4 nitrogen and oxygen atoms in total. The molecule has 0 spiro atoms. The first-order valence-corrected chi connectivity index (χ1v) is 8.34. The molecule has 0 saturated carbocycles. The summed E-state index contributed by atoms with van der Waals surface area (Å²) in [4.78, 5) is 0.198. The van der Waals surface area contributed by atoms with Gasteiger partial charge in [-0.15, -0.1) is 0 Å². The van der Waals surface area contributed by atoms with Crippen LogP contribution in [0.2, 0.25) is 0 Å². The molecule has 0 amide bonds. The van der Waals surface area contributed by atoms with Crippen LogP contribution in [0.3, 0.4) is 0 Å². The molecule has 1 heterocycles. The van der Waals surface area contributed by atoms with Gasteiger partial charge in [0.25, 0.3) is 0 Å². The monoisotopic (exact) mass is 300 g/mol. The van der Waals surface area contributed by atoms with Crippen LogP contribution < -0.4 is 5.32 Å². The van der Waals surface area contributed by atoms with Gasteiger partial charge in [-0.1, -0.05) is 6.42 Å². The number of sulfonamides is 1. The topological polar surface area (TPSA) is 49.4 Å². The molecule has 6 heteroatoms. The largest absolute Gasteiger partial charge is 0.316 e. The third-order valence-corrected chi connectivity index (χ3v) is 5.50. The maximum absolute atomic E-state index is 14.0. The van der Waals surface area contributed by atoms with Crippen molar-refractivity contribution >= 4 is 10.0 Å². The zero-order valence-electron chi connectivity index (χ0n) is 11.9. The highest BCUT2D eigenvalue weighted by atomic mass is 32.2. The minimum atomic E-state index is -3.50. The predicted octanol–water partition coefficient (Wildman–Crippen LogP) is 2.03. The van der Waals surface area contributed by atoms with Gasteiger partial charge in [0.1, 0.15) is 5.82 Å². The van der Waals surface area contributed by atoms with E-state index in [9.17, 15) is 12.8 Å². The summed E-state index contributed by atoms with van der Waals surface area (Å²) >= 11 is 0. The number of hydrogen-bond acceptors (Lipinski definition) is 3. The minimum Gasteiger partial charge on any atom is -0.316 e. The van der Waals surface area contributed by atoms with Gasteiger partial charge in [-0.3, -0.25) is 0 Å². The molecule has 112 valence electrons. The molecular weight excluding hydrogens is 279 g/mol. The van der Waals surface area contributed by atoms with Crippen LogP contribution in [0.15, 0.2) is 17.0 Å². The molecule has 20 heavy (non-hydrogen) atoms. The lowest BCUT2D eigenvalue weighted by Gasteiger charge is -2.26. The van der Waals surface area contributed by atoms with Crippen LogP contribution in [0.25, 0.3) is 0 Å². The zero-order valence-corrected chi connectivity index (χ0v) is 12.8. The molecule has 0 unspecified atom stereocenters. The third kappa shape index (κ3) is 3.02. The summed E-state index contributed by atoms with van der Waals surface area (Å²) in [7, 11) is -1.79. The Morgan fingerprint density at radius 3 is 2.50 bits per heavy atom. The van der Waals surface area contributed by atoms with Gasteiger partial charge < -0.3 is 5.32 Å². The summed E-state index contributed by atoms with van der Waals surface area (Å²) in [5, 5.41) is 2.86. The Kier molecular flexibility index (Phi) is 4.78. The van der Waals surface area contributed by atoms with Gasteiger partial charge in [-0.25, -0.2) is 12.8 Å². The second-order valence-electron chi connectivity index (χ2n) is 5.21. The van der Waals surface area contributed by atoms with E-state index in [1.165, 1.54) is 16.4 Å². The fourth-order valence-corrected chi connectivity index (χ4v) is 4.18. The Bertz CT molecular complexity index is 581. The maximum Gasteiger partial charge on any atom is 0.243 e. The number of nitrogens with zero attached hydrogens (tertiary/aromatic N) is 1. The molecule has 1 fully saturated rings. The lowest BCUT2D eigenvalue weighted by Crippen LogP contribution is -2.35. The van der Waals surface area contributed by atoms with Gasteiger partial charge in [0.05, 0.1) is 4.90 Å². The van der Waals surface area contributed by atoms with Crippen LogP contribution in [0.5, 0.6) is 0 Å². The summed E-state index contributed by atoms with van der Waals surface area (Å²) in [5.74, 6) is -0.336. The zero-order chi connectivity index (χ0) is 14.8. The van der Waals surface area contributed by atoms with Crippen molar-refractivity contribution < 1.29 is 12.8 Å². The Hall–Kier alpha value is -0.980. The van der Waals surface area contributed by atoms with E-state index in [4.69, 9.17) is 0 Å². The van der Waals surface area contributed by atoms with Crippen LogP contribution in [0.4, 0.5) is 4.39 Å². The molecule has 0 bridgehead atoms. The number of hydrogen-bond donors (Lipinski definition) is 1. The molecule has 1 aromatic carbocycles. The fourth-order valence-electron chi connectivity index (χ4n) is 2.53. The highest BCUT2D eigenvalue weighted by molar-refractivity contribution is 7.89. The number of benzene rings is 1. The van der Waals surface area contributed by atoms with E-state index >= 15 is 0 Å². The summed E-state index contributed by atoms with van der Waals surface area (Å²) < 4.78 is 40.6. The molecule has 1 aliphatic heterocycles. The first-order valence-electron chi connectivity index (χ1n) is 6.90. The van der Waals surface area contributed by atoms with E-state index in [1.807, 2.05) is 0 Å². The van der Waals surface area contributed by atoms with Gasteiger partial charge in [-0.05, 0) is 44.5 Å². The van der Waals surface area contributed by atoms with E-state index in [-0.39, 0.29) is 10.7 Å². The van der Waals surface area contributed by atoms with Crippen molar-refractivity contribution in [3.8, 4) is 0 Å². The number of rotatable bonds is 4. The SMILES string of the molecule is CNCc1cc(S(=O)(=O)N2CCCCC2)cc(C)c1F. The minimum absolute atomic E-state index is 0.198. The van der Waals surface area contributed by atoms with Crippen LogP contribution in [-0.2, 0) is 16.6 Å². The highest BCUT2D eigenvalue weighted by Crippen LogP contribution is 2.24. The predicted molar refractivity (Wildman–Crippen MR) is 76.5 cm³/mol. The molecule has 0 aliphatic carbocycles. The number of aryl methyl sites for hydroxylation is 1. The summed E-state index contributed by atoms with van der Waals surface area (Å²) in [5.41, 5.74) is 0.761. The van der Waals surface area contributed by atoms with E-state index < -0.39 is 10.0 Å². The average molecular weight is 300 g/mol. The van der Waals surface area contributed by atoms with Gasteiger partial charge in [0.2, 0.25) is 10.0 Å². The van der Waals surface area contributed by atoms with Crippen molar-refractivity contribution in [1.29, 1.82) is 0 Å². The fraction of sp³-hybridized carbons (Fsp3) is 0.571. The number of halogens is 1. The summed E-state index contributed by atoms with van der Waals surface area (Å²) in [6.45, 7) is 3.03. The lowest BCUT2D eigenvalue weighted by molar-refractivity contribution is 0.346. The Morgan fingerprint density at radius 1 is 1.25 bits per heavy atom. The maximum atomic E-state index is 14.0. The van der Waals surface area contributed by atoms with Crippen LogP contribution in [0.1, 0.15) is 30.4 Å². The molecule has 2 rings (SSSR count). The van der Waals surface area contributed by atoms with E-state index in [2.05, 4.69) is 5.32 Å². The normalized spacial score (nSPS) is 17.4. The van der Waals surface area contributed by atoms with E-state index in [0.29, 0.717) is 30.8 Å². The van der Waals surface area contributed by atoms with E-state index in [0.717, 1.165) is 19.3 Å². The Morgan fingerprint density at radius 2 is 1.90 bits per heavy atom. The molecule has 0 radical (unpaired) electrons. The summed E-state index contributed by atoms with van der Waals surface area (Å²) in [6, 6.07) is 2.88. The van der Waals surface area contributed by atoms with Crippen molar-refractivity contribution in [3.63, 3.8) is 0 Å². The van der Waals surface area contributed by atoms with Gasteiger partial charge in [0, 0.05) is 25.2 Å². The Balaban J connectivity index is 2.40. The Labute approximate surface area is 120 Å². The molecule has 0 atom stereocenters. The van der Waals surface area contributed by atoms with Gasteiger partial charge >= 0.3 is 0 Å². The molecule has 1 aromatic rings. The van der Waals surface area contributed by atoms with Crippen LogP contribution in [-0.4, -0.2) is 32.9 Å². The van der Waals surface area contributed by atoms with Crippen LogP contribution >= 0.6 is 0 Å². The number of piperidine rings is 1. The van der Waals surface area contributed by atoms with E-state index in [1.54, 1.807) is 14.0 Å².